The second-order valence-corrected chi connectivity index (χ2v) is 7.12. The van der Waals surface area contributed by atoms with Crippen LogP contribution in [0.15, 0.2) is 53.0 Å². The van der Waals surface area contributed by atoms with Crippen molar-refractivity contribution in [2.24, 2.45) is 0 Å². The van der Waals surface area contributed by atoms with Gasteiger partial charge in [-0.05, 0) is 36.4 Å². The predicted molar refractivity (Wildman–Crippen MR) is 97.7 cm³/mol. The first kappa shape index (κ1) is 16.6. The van der Waals surface area contributed by atoms with Gasteiger partial charge in [-0.2, -0.15) is 0 Å². The molecule has 2 N–H and O–H groups in total. The van der Waals surface area contributed by atoms with E-state index in [1.54, 1.807) is 35.6 Å². The van der Waals surface area contributed by atoms with Gasteiger partial charge < -0.3 is 0 Å². The molecule has 0 aliphatic carbocycles. The molecule has 0 fully saturated rings. The van der Waals surface area contributed by atoms with E-state index in [4.69, 9.17) is 0 Å². The maximum atomic E-state index is 11.9. The molecule has 0 atom stereocenters. The van der Waals surface area contributed by atoms with Crippen LogP contribution in [0.4, 0.5) is 0 Å². The van der Waals surface area contributed by atoms with Crippen LogP contribution in [0.5, 0.6) is 0 Å². The molecule has 7 heteroatoms. The number of thiazole rings is 1. The van der Waals surface area contributed by atoms with Gasteiger partial charge in [-0.3, -0.25) is 20.4 Å². The maximum absolute atomic E-state index is 11.9. The number of rotatable bonds is 4. The Morgan fingerprint density at radius 3 is 2.54 bits per heavy atom. The molecule has 0 aliphatic rings. The summed E-state index contributed by atoms with van der Waals surface area (Å²) < 4.78 is 2.00. The van der Waals surface area contributed by atoms with E-state index in [1.807, 2.05) is 24.3 Å². The Bertz CT molecular complexity index is 844. The van der Waals surface area contributed by atoms with Crippen molar-refractivity contribution >= 4 is 49.3 Å². The third-order valence-corrected chi connectivity index (χ3v) is 4.95. The van der Waals surface area contributed by atoms with Crippen molar-refractivity contribution in [2.45, 2.75) is 12.8 Å². The highest BCUT2D eigenvalue weighted by atomic mass is 79.9. The van der Waals surface area contributed by atoms with E-state index >= 15 is 0 Å². The number of aryl methyl sites for hydroxylation is 1. The standard InChI is InChI=1S/C17H14BrN3O2S/c18-12-7-5-11(6-8-12)17(23)21-20-15(22)9-10-16-19-13-3-1-2-4-14(13)24-16/h1-8H,9-10H2,(H,20,22)(H,21,23). The summed E-state index contributed by atoms with van der Waals surface area (Å²) in [7, 11) is 0. The molecule has 1 aromatic heterocycles. The minimum absolute atomic E-state index is 0.250. The van der Waals surface area contributed by atoms with E-state index in [1.165, 1.54) is 0 Å². The molecular weight excluding hydrogens is 390 g/mol. The third kappa shape index (κ3) is 4.18. The number of hydrogen-bond acceptors (Lipinski definition) is 4. The van der Waals surface area contributed by atoms with Crippen LogP contribution in [0.1, 0.15) is 21.8 Å². The Labute approximate surface area is 151 Å². The van der Waals surface area contributed by atoms with Gasteiger partial charge in [0.1, 0.15) is 0 Å². The number of nitrogens with zero attached hydrogens (tertiary/aromatic N) is 1. The Morgan fingerprint density at radius 1 is 1.04 bits per heavy atom. The first-order valence-electron chi connectivity index (χ1n) is 7.31. The number of amides is 2. The van der Waals surface area contributed by atoms with Crippen molar-refractivity contribution in [3.63, 3.8) is 0 Å². The fourth-order valence-electron chi connectivity index (χ4n) is 2.11. The van der Waals surface area contributed by atoms with E-state index in [2.05, 4.69) is 31.8 Å². The average molecular weight is 404 g/mol. The number of fused-ring (bicyclic) bond motifs is 1. The Morgan fingerprint density at radius 2 is 1.79 bits per heavy atom. The summed E-state index contributed by atoms with van der Waals surface area (Å²) in [5.74, 6) is -0.601. The van der Waals surface area contributed by atoms with Gasteiger partial charge in [0.25, 0.3) is 5.91 Å². The van der Waals surface area contributed by atoms with Crippen LogP contribution in [-0.2, 0) is 11.2 Å². The first-order chi connectivity index (χ1) is 11.6. The average Bonchev–Trinajstić information content (AvgIpc) is 3.01. The van der Waals surface area contributed by atoms with E-state index in [0.29, 0.717) is 12.0 Å². The second-order valence-electron chi connectivity index (χ2n) is 5.08. The van der Waals surface area contributed by atoms with Crippen LogP contribution in [0.25, 0.3) is 10.2 Å². The van der Waals surface area contributed by atoms with Crippen molar-refractivity contribution in [3.8, 4) is 0 Å². The lowest BCUT2D eigenvalue weighted by molar-refractivity contribution is -0.121. The molecule has 5 nitrogen and oxygen atoms in total. The van der Waals surface area contributed by atoms with Gasteiger partial charge >= 0.3 is 0 Å². The smallest absolute Gasteiger partial charge is 0.269 e. The second kappa shape index (κ2) is 7.55. The van der Waals surface area contributed by atoms with Gasteiger partial charge in [-0.15, -0.1) is 11.3 Å². The zero-order valence-electron chi connectivity index (χ0n) is 12.6. The summed E-state index contributed by atoms with van der Waals surface area (Å²) in [6, 6.07) is 14.8. The van der Waals surface area contributed by atoms with Crippen molar-refractivity contribution in [1.29, 1.82) is 0 Å². The van der Waals surface area contributed by atoms with Crippen molar-refractivity contribution in [3.05, 3.63) is 63.6 Å². The number of hydrogen-bond donors (Lipinski definition) is 2. The molecule has 1 heterocycles. The summed E-state index contributed by atoms with van der Waals surface area (Å²) >= 11 is 4.88. The van der Waals surface area contributed by atoms with Gasteiger partial charge in [-0.1, -0.05) is 28.1 Å². The summed E-state index contributed by atoms with van der Waals surface area (Å²) in [5, 5.41) is 0.908. The maximum Gasteiger partial charge on any atom is 0.269 e. The molecule has 0 saturated carbocycles. The zero-order valence-corrected chi connectivity index (χ0v) is 15.0. The van der Waals surface area contributed by atoms with Crippen LogP contribution >= 0.6 is 27.3 Å². The summed E-state index contributed by atoms with van der Waals surface area (Å²) in [4.78, 5) is 28.2. The minimum Gasteiger partial charge on any atom is -0.273 e. The lowest BCUT2D eigenvalue weighted by Gasteiger charge is -2.07. The Balaban J connectivity index is 1.48. The van der Waals surface area contributed by atoms with Gasteiger partial charge in [0.2, 0.25) is 5.91 Å². The summed E-state index contributed by atoms with van der Waals surface area (Å²) in [5.41, 5.74) is 6.26. The van der Waals surface area contributed by atoms with E-state index in [-0.39, 0.29) is 18.2 Å². The highest BCUT2D eigenvalue weighted by Gasteiger charge is 2.09. The lowest BCUT2D eigenvalue weighted by Crippen LogP contribution is -2.41. The molecule has 0 unspecified atom stereocenters. The van der Waals surface area contributed by atoms with Crippen LogP contribution in [-0.4, -0.2) is 16.8 Å². The molecule has 0 bridgehead atoms. The summed E-state index contributed by atoms with van der Waals surface area (Å²) in [6.45, 7) is 0. The van der Waals surface area contributed by atoms with Crippen molar-refractivity contribution < 1.29 is 9.59 Å². The number of para-hydroxylation sites is 1. The number of nitrogens with one attached hydrogen (secondary N) is 2. The highest BCUT2D eigenvalue weighted by molar-refractivity contribution is 9.10. The fraction of sp³-hybridized carbons (Fsp3) is 0.118. The van der Waals surface area contributed by atoms with Crippen LogP contribution in [0.2, 0.25) is 0 Å². The number of halogens is 1. The molecule has 0 spiro atoms. The molecule has 122 valence electrons. The molecule has 2 amide bonds. The molecule has 2 aromatic carbocycles. The fourth-order valence-corrected chi connectivity index (χ4v) is 3.34. The molecule has 3 aromatic rings. The van der Waals surface area contributed by atoms with Crippen molar-refractivity contribution in [2.75, 3.05) is 0 Å². The van der Waals surface area contributed by atoms with E-state index in [0.717, 1.165) is 19.7 Å². The van der Waals surface area contributed by atoms with Crippen LogP contribution in [0.3, 0.4) is 0 Å². The molecule has 0 saturated heterocycles. The van der Waals surface area contributed by atoms with E-state index in [9.17, 15) is 9.59 Å². The number of carbonyl (C=O) groups is 2. The van der Waals surface area contributed by atoms with Gasteiger partial charge in [-0.25, -0.2) is 4.98 Å². The molecule has 24 heavy (non-hydrogen) atoms. The quantitative estimate of drug-likeness (QED) is 0.655. The number of aromatic nitrogens is 1. The number of hydrazine groups is 1. The van der Waals surface area contributed by atoms with Gasteiger partial charge in [0.15, 0.2) is 0 Å². The van der Waals surface area contributed by atoms with E-state index < -0.39 is 0 Å². The molecule has 0 radical (unpaired) electrons. The highest BCUT2D eigenvalue weighted by Crippen LogP contribution is 2.22. The molecular formula is C17H14BrN3O2S. The number of carbonyl (C=O) groups excluding carboxylic acids is 2. The normalized spacial score (nSPS) is 10.5. The largest absolute Gasteiger partial charge is 0.273 e. The van der Waals surface area contributed by atoms with Crippen molar-refractivity contribution in [1.82, 2.24) is 15.8 Å². The third-order valence-electron chi connectivity index (χ3n) is 3.33. The Hall–Kier alpha value is -2.25. The molecule has 3 rings (SSSR count). The summed E-state index contributed by atoms with van der Waals surface area (Å²) in [6.07, 6.45) is 0.805. The first-order valence-corrected chi connectivity index (χ1v) is 8.92. The SMILES string of the molecule is O=C(CCc1nc2ccccc2s1)NNC(=O)c1ccc(Br)cc1. The Kier molecular flexibility index (Phi) is 5.22. The minimum atomic E-state index is -0.351. The lowest BCUT2D eigenvalue weighted by atomic mass is 10.2. The predicted octanol–water partition coefficient (Wildman–Crippen LogP) is 3.45. The topological polar surface area (TPSA) is 71.1 Å². The molecule has 0 aliphatic heterocycles. The number of benzene rings is 2. The zero-order chi connectivity index (χ0) is 16.9. The van der Waals surface area contributed by atoms with Crippen LogP contribution in [0, 0.1) is 0 Å². The monoisotopic (exact) mass is 403 g/mol. The van der Waals surface area contributed by atoms with Gasteiger partial charge in [0, 0.05) is 22.9 Å². The van der Waals surface area contributed by atoms with Crippen LogP contribution < -0.4 is 10.9 Å². The van der Waals surface area contributed by atoms with Gasteiger partial charge in [0.05, 0.1) is 15.2 Å².